The zero-order valence-corrected chi connectivity index (χ0v) is 10.1. The van der Waals surface area contributed by atoms with Crippen LogP contribution in [0.3, 0.4) is 0 Å². The maximum absolute atomic E-state index is 11.4. The van der Waals surface area contributed by atoms with Crippen molar-refractivity contribution in [2.45, 2.75) is 13.8 Å². The van der Waals surface area contributed by atoms with Crippen LogP contribution < -0.4 is 5.69 Å². The maximum Gasteiger partial charge on any atom is 0.330 e. The molecule has 1 heterocycles. The number of H-pyrrole nitrogens is 1. The van der Waals surface area contributed by atoms with Crippen LogP contribution in [0.1, 0.15) is 11.1 Å². The summed E-state index contributed by atoms with van der Waals surface area (Å²) < 4.78 is 2.68. The van der Waals surface area contributed by atoms with Crippen LogP contribution in [0.25, 0.3) is 5.69 Å². The molecule has 0 atom stereocenters. The molecule has 15 heavy (non-hydrogen) atoms. The molecule has 4 heteroatoms. The molecule has 2 rings (SSSR count). The minimum absolute atomic E-state index is 0.115. The van der Waals surface area contributed by atoms with Gasteiger partial charge in [0.05, 0.1) is 5.69 Å². The van der Waals surface area contributed by atoms with E-state index in [0.29, 0.717) is 0 Å². The summed E-state index contributed by atoms with van der Waals surface area (Å²) >= 11 is 3.50. The van der Waals surface area contributed by atoms with Gasteiger partial charge < -0.3 is 4.98 Å². The Morgan fingerprint density at radius 1 is 1.27 bits per heavy atom. The molecule has 0 aliphatic carbocycles. The summed E-state index contributed by atoms with van der Waals surface area (Å²) in [4.78, 5) is 14.0. The van der Waals surface area contributed by atoms with Gasteiger partial charge in [0, 0.05) is 16.9 Å². The third-order valence-corrected chi connectivity index (χ3v) is 3.60. The molecule has 0 aliphatic heterocycles. The predicted molar refractivity (Wildman–Crippen MR) is 63.6 cm³/mol. The van der Waals surface area contributed by atoms with Crippen LogP contribution in [0.4, 0.5) is 0 Å². The lowest BCUT2D eigenvalue weighted by Gasteiger charge is -2.07. The highest BCUT2D eigenvalue weighted by molar-refractivity contribution is 9.10. The fourth-order valence-corrected chi connectivity index (χ4v) is 1.81. The van der Waals surface area contributed by atoms with Crippen molar-refractivity contribution < 1.29 is 0 Å². The first-order chi connectivity index (χ1) is 7.09. The third kappa shape index (κ3) is 1.77. The molecule has 2 aromatic rings. The monoisotopic (exact) mass is 266 g/mol. The first kappa shape index (κ1) is 10.2. The van der Waals surface area contributed by atoms with Crippen molar-refractivity contribution in [2.75, 3.05) is 0 Å². The number of nitrogens with zero attached hydrogens (tertiary/aromatic N) is 1. The molecular weight excluding hydrogens is 256 g/mol. The van der Waals surface area contributed by atoms with Crippen LogP contribution in [0, 0.1) is 13.8 Å². The summed E-state index contributed by atoms with van der Waals surface area (Å²) in [6.07, 6.45) is 3.36. The van der Waals surface area contributed by atoms with E-state index < -0.39 is 0 Å². The van der Waals surface area contributed by atoms with E-state index in [2.05, 4.69) is 20.9 Å². The Labute approximate surface area is 95.9 Å². The van der Waals surface area contributed by atoms with Gasteiger partial charge in [-0.3, -0.25) is 4.57 Å². The summed E-state index contributed by atoms with van der Waals surface area (Å²) in [5, 5.41) is 0. The molecule has 3 nitrogen and oxygen atoms in total. The van der Waals surface area contributed by atoms with E-state index in [1.807, 2.05) is 26.0 Å². The van der Waals surface area contributed by atoms with E-state index in [-0.39, 0.29) is 5.69 Å². The maximum atomic E-state index is 11.4. The third-order valence-electron chi connectivity index (χ3n) is 2.35. The second-order valence-electron chi connectivity index (χ2n) is 3.53. The van der Waals surface area contributed by atoms with Crippen LogP contribution in [0.15, 0.2) is 33.8 Å². The van der Waals surface area contributed by atoms with Crippen molar-refractivity contribution >= 4 is 15.9 Å². The van der Waals surface area contributed by atoms with Gasteiger partial charge in [-0.1, -0.05) is 15.9 Å². The summed E-state index contributed by atoms with van der Waals surface area (Å²) in [6, 6.07) is 3.96. The van der Waals surface area contributed by atoms with Crippen molar-refractivity contribution in [2.24, 2.45) is 0 Å². The smallest absolute Gasteiger partial charge is 0.312 e. The molecule has 1 N–H and O–H groups in total. The van der Waals surface area contributed by atoms with Gasteiger partial charge in [0.15, 0.2) is 0 Å². The van der Waals surface area contributed by atoms with Crippen molar-refractivity contribution in [1.29, 1.82) is 0 Å². The molecule has 0 unspecified atom stereocenters. The normalized spacial score (nSPS) is 10.6. The molecule has 0 bridgehead atoms. The van der Waals surface area contributed by atoms with Gasteiger partial charge in [0.1, 0.15) is 0 Å². The minimum atomic E-state index is -0.115. The van der Waals surface area contributed by atoms with E-state index in [0.717, 1.165) is 21.3 Å². The van der Waals surface area contributed by atoms with Crippen LogP contribution >= 0.6 is 15.9 Å². The van der Waals surface area contributed by atoms with Crippen LogP contribution in [0.2, 0.25) is 0 Å². The Morgan fingerprint density at radius 2 is 1.87 bits per heavy atom. The molecule has 0 radical (unpaired) electrons. The Kier molecular flexibility index (Phi) is 2.52. The summed E-state index contributed by atoms with van der Waals surface area (Å²) in [6.45, 7) is 4.02. The van der Waals surface area contributed by atoms with Gasteiger partial charge in [-0.15, -0.1) is 0 Å². The van der Waals surface area contributed by atoms with Crippen LogP contribution in [-0.2, 0) is 0 Å². The van der Waals surface area contributed by atoms with Gasteiger partial charge in [0.25, 0.3) is 0 Å². The van der Waals surface area contributed by atoms with Crippen molar-refractivity contribution in [3.05, 3.63) is 50.6 Å². The lowest BCUT2D eigenvalue weighted by Crippen LogP contribution is -2.14. The highest BCUT2D eigenvalue weighted by Gasteiger charge is 2.05. The molecule has 1 aromatic carbocycles. The second kappa shape index (κ2) is 3.70. The van der Waals surface area contributed by atoms with E-state index in [1.54, 1.807) is 17.0 Å². The van der Waals surface area contributed by atoms with E-state index in [1.165, 1.54) is 0 Å². The fourth-order valence-electron chi connectivity index (χ4n) is 1.59. The second-order valence-corrected chi connectivity index (χ2v) is 4.32. The topological polar surface area (TPSA) is 37.8 Å². The quantitative estimate of drug-likeness (QED) is 0.847. The largest absolute Gasteiger partial charge is 0.330 e. The number of hydrogen-bond donors (Lipinski definition) is 1. The highest BCUT2D eigenvalue weighted by atomic mass is 79.9. The average Bonchev–Trinajstić information content (AvgIpc) is 2.60. The summed E-state index contributed by atoms with van der Waals surface area (Å²) in [7, 11) is 0. The molecular formula is C11H11BrN2O. The number of nitrogens with one attached hydrogen (secondary N) is 1. The van der Waals surface area contributed by atoms with Crippen LogP contribution in [0.5, 0.6) is 0 Å². The molecule has 1 aromatic heterocycles. The number of rotatable bonds is 1. The van der Waals surface area contributed by atoms with Crippen molar-refractivity contribution in [1.82, 2.24) is 9.55 Å². The van der Waals surface area contributed by atoms with Gasteiger partial charge in [0.2, 0.25) is 0 Å². The minimum Gasteiger partial charge on any atom is -0.312 e. The SMILES string of the molecule is Cc1cc(-n2cc[nH]c2=O)cc(C)c1Br. The number of aromatic nitrogens is 2. The Morgan fingerprint density at radius 3 is 2.33 bits per heavy atom. The zero-order chi connectivity index (χ0) is 11.0. The standard InChI is InChI=1S/C11H11BrN2O/c1-7-5-9(6-8(2)10(7)12)14-4-3-13-11(14)15/h3-6H,1-2H3,(H,13,15). The molecule has 0 saturated heterocycles. The lowest BCUT2D eigenvalue weighted by atomic mass is 10.1. The number of halogens is 1. The fraction of sp³-hybridized carbons (Fsp3) is 0.182. The highest BCUT2D eigenvalue weighted by Crippen LogP contribution is 2.23. The Hall–Kier alpha value is -1.29. The Bertz CT molecular complexity index is 531. The van der Waals surface area contributed by atoms with E-state index in [4.69, 9.17) is 0 Å². The number of aryl methyl sites for hydroxylation is 2. The van der Waals surface area contributed by atoms with Gasteiger partial charge in [-0.2, -0.15) is 0 Å². The van der Waals surface area contributed by atoms with E-state index in [9.17, 15) is 4.79 Å². The van der Waals surface area contributed by atoms with Crippen LogP contribution in [-0.4, -0.2) is 9.55 Å². The molecule has 0 fully saturated rings. The van der Waals surface area contributed by atoms with Gasteiger partial charge in [-0.05, 0) is 37.1 Å². The summed E-state index contributed by atoms with van der Waals surface area (Å²) in [5.41, 5.74) is 3.02. The number of benzene rings is 1. The summed E-state index contributed by atoms with van der Waals surface area (Å²) in [5.74, 6) is 0. The predicted octanol–water partition coefficient (Wildman–Crippen LogP) is 2.54. The van der Waals surface area contributed by atoms with Gasteiger partial charge in [-0.25, -0.2) is 4.79 Å². The lowest BCUT2D eigenvalue weighted by molar-refractivity contribution is 0.981. The first-order valence-corrected chi connectivity index (χ1v) is 5.42. The number of hydrogen-bond acceptors (Lipinski definition) is 1. The molecule has 0 aliphatic rings. The van der Waals surface area contributed by atoms with Crippen molar-refractivity contribution in [3.63, 3.8) is 0 Å². The van der Waals surface area contributed by atoms with Gasteiger partial charge >= 0.3 is 5.69 Å². The zero-order valence-electron chi connectivity index (χ0n) is 8.54. The molecule has 0 amide bonds. The molecule has 0 saturated carbocycles. The number of imidazole rings is 1. The molecule has 0 spiro atoms. The average molecular weight is 267 g/mol. The Balaban J connectivity index is 2.66. The van der Waals surface area contributed by atoms with Crippen molar-refractivity contribution in [3.8, 4) is 5.69 Å². The first-order valence-electron chi connectivity index (χ1n) is 4.63. The molecule has 78 valence electrons. The van der Waals surface area contributed by atoms with E-state index >= 15 is 0 Å². The number of aromatic amines is 1.